The second-order valence-corrected chi connectivity index (χ2v) is 7.07. The fourth-order valence-electron chi connectivity index (χ4n) is 3.10. The number of non-ortho nitro benzene ring substituents is 1. The zero-order valence-corrected chi connectivity index (χ0v) is 15.9. The predicted molar refractivity (Wildman–Crippen MR) is 106 cm³/mol. The second kappa shape index (κ2) is 8.26. The highest BCUT2D eigenvalue weighted by atomic mass is 32.2. The fraction of sp³-hybridized carbons (Fsp3) is 0.278. The highest BCUT2D eigenvalue weighted by Crippen LogP contribution is 2.27. The summed E-state index contributed by atoms with van der Waals surface area (Å²) in [6.45, 7) is 1.91. The minimum atomic E-state index is -0.537. The van der Waals surface area contributed by atoms with E-state index in [2.05, 4.69) is 0 Å². The number of hydrogen-bond acceptors (Lipinski definition) is 7. The molecule has 1 saturated heterocycles. The molecular weight excluding hydrogens is 384 g/mol. The van der Waals surface area contributed by atoms with E-state index in [4.69, 9.17) is 0 Å². The number of hydrogen-bond donors (Lipinski definition) is 0. The number of rotatable bonds is 5. The van der Waals surface area contributed by atoms with Crippen LogP contribution in [0.25, 0.3) is 0 Å². The van der Waals surface area contributed by atoms with Gasteiger partial charge in [0.15, 0.2) is 0 Å². The summed E-state index contributed by atoms with van der Waals surface area (Å²) in [5.74, 6) is -0.356. The van der Waals surface area contributed by atoms with Crippen LogP contribution in [0.1, 0.15) is 10.4 Å². The lowest BCUT2D eigenvalue weighted by atomic mass is 10.1. The highest BCUT2D eigenvalue weighted by Gasteiger charge is 2.28. The molecule has 1 fully saturated rings. The molecule has 10 heteroatoms. The Morgan fingerprint density at radius 1 is 0.964 bits per heavy atom. The predicted octanol–water partition coefficient (Wildman–Crippen LogP) is 3.19. The van der Waals surface area contributed by atoms with Gasteiger partial charge in [0.1, 0.15) is 5.56 Å². The van der Waals surface area contributed by atoms with Crippen LogP contribution in [0, 0.1) is 20.2 Å². The van der Waals surface area contributed by atoms with Crippen LogP contribution >= 0.6 is 11.8 Å². The zero-order chi connectivity index (χ0) is 20.3. The maximum absolute atomic E-state index is 12.9. The molecule has 0 bridgehead atoms. The smallest absolute Gasteiger partial charge is 0.282 e. The van der Waals surface area contributed by atoms with Gasteiger partial charge < -0.3 is 9.80 Å². The molecule has 0 aromatic heterocycles. The molecule has 0 atom stereocenters. The molecule has 0 radical (unpaired) electrons. The van der Waals surface area contributed by atoms with E-state index in [9.17, 15) is 25.0 Å². The van der Waals surface area contributed by atoms with Gasteiger partial charge in [-0.25, -0.2) is 0 Å². The van der Waals surface area contributed by atoms with E-state index in [1.54, 1.807) is 29.2 Å². The number of thioether (sulfide) groups is 1. The van der Waals surface area contributed by atoms with Gasteiger partial charge in [-0.2, -0.15) is 0 Å². The standard InChI is InChI=1S/C18H18N4O5S/c1-28-15-6-7-17(22(26)27)16(12-15)18(23)20-10-8-19(9-11-20)13-2-4-14(5-3-13)21(24)25/h2-7,12H,8-11H2,1H3. The topological polar surface area (TPSA) is 110 Å². The summed E-state index contributed by atoms with van der Waals surface area (Å²) >= 11 is 1.42. The Kier molecular flexibility index (Phi) is 5.78. The van der Waals surface area contributed by atoms with Gasteiger partial charge in [-0.15, -0.1) is 11.8 Å². The Morgan fingerprint density at radius 2 is 1.61 bits per heavy atom. The Morgan fingerprint density at radius 3 is 2.14 bits per heavy atom. The van der Waals surface area contributed by atoms with Crippen molar-refractivity contribution in [2.45, 2.75) is 4.90 Å². The van der Waals surface area contributed by atoms with Gasteiger partial charge in [0.05, 0.1) is 9.85 Å². The van der Waals surface area contributed by atoms with Crippen molar-refractivity contribution in [2.24, 2.45) is 0 Å². The van der Waals surface area contributed by atoms with Gasteiger partial charge >= 0.3 is 0 Å². The summed E-state index contributed by atoms with van der Waals surface area (Å²) < 4.78 is 0. The SMILES string of the molecule is CSc1ccc([N+](=O)[O-])c(C(=O)N2CCN(c3ccc([N+](=O)[O-])cc3)CC2)c1. The number of carbonyl (C=O) groups excluding carboxylic acids is 1. The molecule has 0 saturated carbocycles. The molecule has 0 spiro atoms. The van der Waals surface area contributed by atoms with E-state index in [-0.39, 0.29) is 22.8 Å². The minimum absolute atomic E-state index is 0.0264. The van der Waals surface area contributed by atoms with Gasteiger partial charge in [-0.3, -0.25) is 25.0 Å². The van der Waals surface area contributed by atoms with E-state index in [1.165, 1.54) is 30.0 Å². The van der Waals surface area contributed by atoms with Crippen molar-refractivity contribution in [1.82, 2.24) is 4.90 Å². The Balaban J connectivity index is 1.72. The number of amides is 1. The van der Waals surface area contributed by atoms with Gasteiger partial charge in [0, 0.05) is 55.0 Å². The number of nitrogens with zero attached hydrogens (tertiary/aromatic N) is 4. The molecule has 0 aliphatic carbocycles. The van der Waals surface area contributed by atoms with E-state index in [0.717, 1.165) is 10.6 Å². The van der Waals surface area contributed by atoms with E-state index >= 15 is 0 Å². The summed E-state index contributed by atoms with van der Waals surface area (Å²) in [5, 5.41) is 22.1. The van der Waals surface area contributed by atoms with E-state index in [0.29, 0.717) is 26.2 Å². The minimum Gasteiger partial charge on any atom is -0.368 e. The highest BCUT2D eigenvalue weighted by molar-refractivity contribution is 7.98. The van der Waals surface area contributed by atoms with Crippen LogP contribution in [0.4, 0.5) is 17.1 Å². The van der Waals surface area contributed by atoms with Gasteiger partial charge in [0.2, 0.25) is 0 Å². The van der Waals surface area contributed by atoms with Crippen molar-refractivity contribution in [2.75, 3.05) is 37.3 Å². The molecule has 0 unspecified atom stereocenters. The maximum Gasteiger partial charge on any atom is 0.282 e. The summed E-state index contributed by atoms with van der Waals surface area (Å²) in [7, 11) is 0. The summed E-state index contributed by atoms with van der Waals surface area (Å²) in [6.07, 6.45) is 1.85. The Bertz CT molecular complexity index is 911. The largest absolute Gasteiger partial charge is 0.368 e. The van der Waals surface area contributed by atoms with Crippen molar-refractivity contribution in [3.8, 4) is 0 Å². The molecule has 0 N–H and O–H groups in total. The average molecular weight is 402 g/mol. The molecule has 2 aromatic carbocycles. The fourth-order valence-corrected chi connectivity index (χ4v) is 3.54. The van der Waals surface area contributed by atoms with Crippen LogP contribution in [0.15, 0.2) is 47.4 Å². The van der Waals surface area contributed by atoms with Crippen LogP contribution in [-0.4, -0.2) is 53.1 Å². The van der Waals surface area contributed by atoms with E-state index < -0.39 is 9.85 Å². The van der Waals surface area contributed by atoms with Crippen LogP contribution < -0.4 is 4.90 Å². The first-order chi connectivity index (χ1) is 13.4. The van der Waals surface area contributed by atoms with Crippen molar-refractivity contribution in [3.63, 3.8) is 0 Å². The molecular formula is C18H18N4O5S. The van der Waals surface area contributed by atoms with E-state index in [1.807, 2.05) is 11.2 Å². The molecule has 146 valence electrons. The van der Waals surface area contributed by atoms with Crippen LogP contribution in [0.5, 0.6) is 0 Å². The zero-order valence-electron chi connectivity index (χ0n) is 15.1. The molecule has 3 rings (SSSR count). The molecule has 28 heavy (non-hydrogen) atoms. The van der Waals surface area contributed by atoms with Crippen molar-refractivity contribution in [1.29, 1.82) is 0 Å². The molecule has 1 aliphatic heterocycles. The molecule has 1 amide bonds. The van der Waals surface area contributed by atoms with Crippen molar-refractivity contribution >= 4 is 34.7 Å². The van der Waals surface area contributed by atoms with Gasteiger partial charge in [-0.1, -0.05) is 0 Å². The van der Waals surface area contributed by atoms with Crippen molar-refractivity contribution < 1.29 is 14.6 Å². The number of carbonyl (C=O) groups is 1. The quantitative estimate of drug-likeness (QED) is 0.429. The van der Waals surface area contributed by atoms with Crippen molar-refractivity contribution in [3.05, 3.63) is 68.3 Å². The first-order valence-corrected chi connectivity index (χ1v) is 9.74. The average Bonchev–Trinajstić information content (AvgIpc) is 2.72. The lowest BCUT2D eigenvalue weighted by Crippen LogP contribution is -2.48. The Labute approximate surface area is 165 Å². The summed E-state index contributed by atoms with van der Waals surface area (Å²) in [5.41, 5.74) is 0.771. The number of nitro groups is 2. The monoisotopic (exact) mass is 402 g/mol. The first-order valence-electron chi connectivity index (χ1n) is 8.52. The van der Waals surface area contributed by atoms with Crippen LogP contribution in [0.3, 0.4) is 0 Å². The third kappa shape index (κ3) is 4.06. The normalized spacial score (nSPS) is 14.0. The Hall–Kier alpha value is -3.14. The van der Waals surface area contributed by atoms with Crippen LogP contribution in [0.2, 0.25) is 0 Å². The number of benzene rings is 2. The second-order valence-electron chi connectivity index (χ2n) is 6.19. The van der Waals surface area contributed by atoms with Gasteiger partial charge in [0.25, 0.3) is 17.3 Å². The third-order valence-corrected chi connectivity index (χ3v) is 5.35. The maximum atomic E-state index is 12.9. The summed E-state index contributed by atoms with van der Waals surface area (Å²) in [4.78, 5) is 38.4. The number of anilines is 1. The lowest BCUT2D eigenvalue weighted by molar-refractivity contribution is -0.385. The molecule has 1 heterocycles. The third-order valence-electron chi connectivity index (χ3n) is 4.62. The number of nitro benzene ring substituents is 2. The summed E-state index contributed by atoms with van der Waals surface area (Å²) in [6, 6.07) is 10.8. The molecule has 2 aromatic rings. The molecule has 1 aliphatic rings. The molecule has 9 nitrogen and oxygen atoms in total. The first kappa shape index (κ1) is 19.6. The number of piperazine rings is 1. The van der Waals surface area contributed by atoms with Gasteiger partial charge in [-0.05, 0) is 30.5 Å². The van der Waals surface area contributed by atoms with Crippen LogP contribution in [-0.2, 0) is 0 Å². The lowest BCUT2D eigenvalue weighted by Gasteiger charge is -2.36.